The molecule has 3 heteroatoms. The molecule has 2 saturated carbocycles. The van der Waals surface area contributed by atoms with Gasteiger partial charge in [0.15, 0.2) is 11.4 Å². The lowest BCUT2D eigenvalue weighted by atomic mass is 9.77. The minimum absolute atomic E-state index is 0.00000142. The van der Waals surface area contributed by atoms with E-state index in [0.29, 0.717) is 12.8 Å². The van der Waals surface area contributed by atoms with Gasteiger partial charge >= 0.3 is 5.97 Å². The average molecular weight is 284 g/mol. The number of Topliss-reactive ketones (excluding diaryl/α,β-unsaturated/α-hetero) is 1. The van der Waals surface area contributed by atoms with Crippen molar-refractivity contribution in [3.8, 4) is 0 Å². The third kappa shape index (κ3) is 1.49. The van der Waals surface area contributed by atoms with E-state index >= 15 is 0 Å². The monoisotopic (exact) mass is 284 g/mol. The van der Waals surface area contributed by atoms with Crippen molar-refractivity contribution in [2.75, 3.05) is 0 Å². The molecule has 0 N–H and O–H groups in total. The lowest BCUT2D eigenvalue weighted by Gasteiger charge is -2.30. The molecule has 0 bridgehead atoms. The number of esters is 1. The van der Waals surface area contributed by atoms with Gasteiger partial charge in [-0.1, -0.05) is 43.7 Å². The van der Waals surface area contributed by atoms with E-state index < -0.39 is 11.0 Å². The summed E-state index contributed by atoms with van der Waals surface area (Å²) in [6, 6.07) is 9.93. The van der Waals surface area contributed by atoms with Crippen molar-refractivity contribution in [3.63, 3.8) is 0 Å². The summed E-state index contributed by atoms with van der Waals surface area (Å²) >= 11 is 0. The van der Waals surface area contributed by atoms with Crippen molar-refractivity contribution in [1.82, 2.24) is 0 Å². The first-order valence-electron chi connectivity index (χ1n) is 7.96. The molecule has 3 nitrogen and oxygen atoms in total. The van der Waals surface area contributed by atoms with Gasteiger partial charge in [-0.25, -0.2) is 0 Å². The second kappa shape index (κ2) is 4.19. The summed E-state index contributed by atoms with van der Waals surface area (Å²) in [5.41, 5.74) is -0.602. The summed E-state index contributed by atoms with van der Waals surface area (Å²) in [6.45, 7) is 2.01. The molecule has 0 aromatic heterocycles. The summed E-state index contributed by atoms with van der Waals surface area (Å²) in [5, 5.41) is 0. The highest BCUT2D eigenvalue weighted by molar-refractivity contribution is 6.17. The number of ether oxygens (including phenoxy) is 1. The van der Waals surface area contributed by atoms with E-state index in [2.05, 4.69) is 0 Å². The predicted molar refractivity (Wildman–Crippen MR) is 77.7 cm³/mol. The van der Waals surface area contributed by atoms with Crippen LogP contribution in [0.5, 0.6) is 0 Å². The first-order valence-corrected chi connectivity index (χ1v) is 7.96. The van der Waals surface area contributed by atoms with Gasteiger partial charge in [0, 0.05) is 5.92 Å². The summed E-state index contributed by atoms with van der Waals surface area (Å²) < 4.78 is 5.71. The molecule has 0 unspecified atom stereocenters. The van der Waals surface area contributed by atoms with Gasteiger partial charge in [-0.05, 0) is 37.2 Å². The van der Waals surface area contributed by atoms with Gasteiger partial charge in [-0.15, -0.1) is 0 Å². The molecule has 1 aliphatic heterocycles. The minimum atomic E-state index is -0.890. The van der Waals surface area contributed by atoms with Crippen molar-refractivity contribution < 1.29 is 14.3 Å². The van der Waals surface area contributed by atoms with Gasteiger partial charge in [0.05, 0.1) is 0 Å². The molecular formula is C18H20O3. The van der Waals surface area contributed by atoms with E-state index in [-0.39, 0.29) is 23.6 Å². The summed E-state index contributed by atoms with van der Waals surface area (Å²) in [4.78, 5) is 25.7. The fraction of sp³-hybridized carbons (Fsp3) is 0.556. The van der Waals surface area contributed by atoms with Crippen molar-refractivity contribution >= 4 is 11.8 Å². The smallest absolute Gasteiger partial charge is 0.321 e. The molecule has 1 aromatic rings. The minimum Gasteiger partial charge on any atom is -0.450 e. The topological polar surface area (TPSA) is 43.4 Å². The maximum atomic E-state index is 13.1. The molecule has 1 aromatic carbocycles. The van der Waals surface area contributed by atoms with Gasteiger partial charge in [-0.2, -0.15) is 0 Å². The van der Waals surface area contributed by atoms with Crippen LogP contribution < -0.4 is 0 Å². The van der Waals surface area contributed by atoms with Crippen LogP contribution in [0.25, 0.3) is 0 Å². The van der Waals surface area contributed by atoms with Crippen molar-refractivity contribution in [3.05, 3.63) is 35.9 Å². The van der Waals surface area contributed by atoms with E-state index in [1.807, 2.05) is 37.3 Å². The Morgan fingerprint density at radius 1 is 1.05 bits per heavy atom. The second-order valence-electron chi connectivity index (χ2n) is 6.82. The molecule has 3 atom stereocenters. The SMILES string of the molecule is C[C@H]1[C@H](c2ccccc2)[C@]12C(=O)OC1(CCCCC1)C2=O. The Labute approximate surface area is 124 Å². The number of benzene rings is 1. The number of ketones is 1. The van der Waals surface area contributed by atoms with Crippen LogP contribution in [0.2, 0.25) is 0 Å². The number of carbonyl (C=O) groups is 2. The van der Waals surface area contributed by atoms with Crippen LogP contribution >= 0.6 is 0 Å². The molecule has 110 valence electrons. The zero-order valence-corrected chi connectivity index (χ0v) is 12.3. The largest absolute Gasteiger partial charge is 0.450 e. The zero-order chi connectivity index (χ0) is 14.7. The highest BCUT2D eigenvalue weighted by Crippen LogP contribution is 2.70. The molecule has 2 spiro atoms. The van der Waals surface area contributed by atoms with Crippen LogP contribution in [-0.2, 0) is 14.3 Å². The van der Waals surface area contributed by atoms with Gasteiger partial charge in [0.25, 0.3) is 0 Å². The Balaban J connectivity index is 1.73. The fourth-order valence-electron chi connectivity index (χ4n) is 4.66. The number of hydrogen-bond acceptors (Lipinski definition) is 3. The molecule has 0 radical (unpaired) electrons. The predicted octanol–water partition coefficient (Wildman–Crippen LogP) is 3.24. The second-order valence-corrected chi connectivity index (χ2v) is 6.82. The maximum absolute atomic E-state index is 13.1. The highest BCUT2D eigenvalue weighted by Gasteiger charge is 2.80. The van der Waals surface area contributed by atoms with E-state index in [1.165, 1.54) is 0 Å². The zero-order valence-electron chi connectivity index (χ0n) is 12.3. The van der Waals surface area contributed by atoms with E-state index in [9.17, 15) is 9.59 Å². The Kier molecular flexibility index (Phi) is 2.60. The molecule has 1 saturated heterocycles. The maximum Gasteiger partial charge on any atom is 0.321 e. The van der Waals surface area contributed by atoms with Gasteiger partial charge in [-0.3, -0.25) is 9.59 Å². The van der Waals surface area contributed by atoms with Crippen molar-refractivity contribution in [2.45, 2.75) is 50.5 Å². The van der Waals surface area contributed by atoms with Crippen molar-refractivity contribution in [1.29, 1.82) is 0 Å². The lowest BCUT2D eigenvalue weighted by molar-refractivity contribution is -0.155. The van der Waals surface area contributed by atoms with Crippen LogP contribution in [0, 0.1) is 11.3 Å². The molecular weight excluding hydrogens is 264 g/mol. The Bertz CT molecular complexity index is 600. The number of carbonyl (C=O) groups excluding carboxylic acids is 2. The van der Waals surface area contributed by atoms with Crippen LogP contribution in [0.1, 0.15) is 50.5 Å². The number of rotatable bonds is 1. The molecule has 2 aliphatic carbocycles. The van der Waals surface area contributed by atoms with E-state index in [1.54, 1.807) is 0 Å². The highest BCUT2D eigenvalue weighted by atomic mass is 16.6. The lowest BCUT2D eigenvalue weighted by Crippen LogP contribution is -2.40. The molecule has 21 heavy (non-hydrogen) atoms. The quantitative estimate of drug-likeness (QED) is 0.587. The van der Waals surface area contributed by atoms with Crippen LogP contribution in [0.15, 0.2) is 30.3 Å². The van der Waals surface area contributed by atoms with Crippen molar-refractivity contribution in [2.24, 2.45) is 11.3 Å². The standard InChI is InChI=1S/C18H20O3/c1-12-14(13-8-4-2-5-9-13)18(12)15(19)17(21-16(18)20)10-6-3-7-11-17/h2,4-5,8-9,12,14H,3,6-7,10-11H2,1H3/t12-,14+,18+/m0/s1. The molecule has 3 aliphatic rings. The Hall–Kier alpha value is -1.64. The summed E-state index contributed by atoms with van der Waals surface area (Å²) in [5.74, 6) is -0.141. The van der Waals surface area contributed by atoms with Gasteiger partial charge in [0.2, 0.25) is 0 Å². The molecule has 0 amide bonds. The average Bonchev–Trinajstić information content (AvgIpc) is 3.09. The summed E-state index contributed by atoms with van der Waals surface area (Å²) in [6.07, 6.45) is 4.54. The molecule has 3 fully saturated rings. The molecule has 4 rings (SSSR count). The molecule has 1 heterocycles. The Morgan fingerprint density at radius 3 is 2.38 bits per heavy atom. The normalized spacial score (nSPS) is 37.0. The van der Waals surface area contributed by atoms with Crippen LogP contribution in [-0.4, -0.2) is 17.4 Å². The summed E-state index contributed by atoms with van der Waals surface area (Å²) in [7, 11) is 0. The van der Waals surface area contributed by atoms with E-state index in [0.717, 1.165) is 24.8 Å². The third-order valence-electron chi connectivity index (χ3n) is 5.83. The first kappa shape index (κ1) is 13.1. The van der Waals surface area contributed by atoms with Crippen LogP contribution in [0.3, 0.4) is 0 Å². The first-order chi connectivity index (χ1) is 10.1. The Morgan fingerprint density at radius 2 is 1.71 bits per heavy atom. The fourth-order valence-corrected chi connectivity index (χ4v) is 4.66. The van der Waals surface area contributed by atoms with E-state index in [4.69, 9.17) is 4.74 Å². The van der Waals surface area contributed by atoms with Crippen LogP contribution in [0.4, 0.5) is 0 Å². The number of hydrogen-bond donors (Lipinski definition) is 0. The third-order valence-corrected chi connectivity index (χ3v) is 5.83. The van der Waals surface area contributed by atoms with Gasteiger partial charge in [0.1, 0.15) is 5.41 Å². The van der Waals surface area contributed by atoms with Gasteiger partial charge < -0.3 is 4.74 Å².